The summed E-state index contributed by atoms with van der Waals surface area (Å²) in [5, 5.41) is 3.35. The fraction of sp³-hybridized carbons (Fsp3) is 0.571. The molecular weight excluding hydrogens is 228 g/mol. The van der Waals surface area contributed by atoms with Gasteiger partial charge in [0.1, 0.15) is 12.4 Å². The first-order chi connectivity index (χ1) is 8.84. The molecule has 0 saturated carbocycles. The van der Waals surface area contributed by atoms with Crippen molar-refractivity contribution in [3.8, 4) is 5.75 Å². The zero-order chi connectivity index (χ0) is 12.6. The van der Waals surface area contributed by atoms with Gasteiger partial charge in [0.25, 0.3) is 0 Å². The van der Waals surface area contributed by atoms with Gasteiger partial charge in [-0.2, -0.15) is 0 Å². The smallest absolute Gasteiger partial charge is 0.121 e. The second-order valence-electron chi connectivity index (χ2n) is 4.69. The first kappa shape index (κ1) is 13.2. The summed E-state index contributed by atoms with van der Waals surface area (Å²) in [6, 6.07) is 7.47. The average Bonchev–Trinajstić information content (AvgIpc) is 2.40. The maximum absolute atomic E-state index is 5.67. The highest BCUT2D eigenvalue weighted by Crippen LogP contribution is 2.14. The Morgan fingerprint density at radius 3 is 2.83 bits per heavy atom. The van der Waals surface area contributed by atoms with Crippen LogP contribution < -0.4 is 15.8 Å². The number of nitrogens with one attached hydrogen (secondary N) is 1. The Labute approximate surface area is 108 Å². The maximum Gasteiger partial charge on any atom is 0.121 e. The topological polar surface area (TPSA) is 56.5 Å². The predicted molar refractivity (Wildman–Crippen MR) is 72.8 cm³/mol. The lowest BCUT2D eigenvalue weighted by molar-refractivity contribution is 0.0655. The Balaban J connectivity index is 1.55. The Hall–Kier alpha value is -1.26. The lowest BCUT2D eigenvalue weighted by atomic mass is 9.99. The number of piperidine rings is 1. The predicted octanol–water partition coefficient (Wildman–Crippen LogP) is 1.66. The Bertz CT molecular complexity index is 351. The van der Waals surface area contributed by atoms with Gasteiger partial charge in [0.05, 0.1) is 6.61 Å². The van der Waals surface area contributed by atoms with Crippen LogP contribution in [-0.2, 0) is 4.74 Å². The molecule has 0 spiro atoms. The van der Waals surface area contributed by atoms with Gasteiger partial charge in [-0.15, -0.1) is 0 Å². The molecule has 0 unspecified atom stereocenters. The highest BCUT2D eigenvalue weighted by molar-refractivity contribution is 5.43. The first-order valence-electron chi connectivity index (χ1n) is 6.61. The van der Waals surface area contributed by atoms with Crippen LogP contribution in [0.2, 0.25) is 0 Å². The largest absolute Gasteiger partial charge is 0.491 e. The third-order valence-corrected chi connectivity index (χ3v) is 3.17. The summed E-state index contributed by atoms with van der Waals surface area (Å²) in [4.78, 5) is 0. The van der Waals surface area contributed by atoms with E-state index in [1.165, 1.54) is 12.8 Å². The molecule has 0 aliphatic carbocycles. The van der Waals surface area contributed by atoms with Gasteiger partial charge in [0, 0.05) is 18.4 Å². The molecule has 0 bridgehead atoms. The lowest BCUT2D eigenvalue weighted by Crippen LogP contribution is -2.30. The molecule has 1 aliphatic rings. The zero-order valence-electron chi connectivity index (χ0n) is 10.7. The van der Waals surface area contributed by atoms with Crippen molar-refractivity contribution < 1.29 is 9.47 Å². The lowest BCUT2D eigenvalue weighted by Gasteiger charge is -2.22. The van der Waals surface area contributed by atoms with Gasteiger partial charge in [0.2, 0.25) is 0 Å². The van der Waals surface area contributed by atoms with Crippen LogP contribution in [0.4, 0.5) is 5.69 Å². The second-order valence-corrected chi connectivity index (χ2v) is 4.69. The normalized spacial score (nSPS) is 16.7. The second kappa shape index (κ2) is 7.24. The van der Waals surface area contributed by atoms with Crippen molar-refractivity contribution in [3.05, 3.63) is 24.3 Å². The van der Waals surface area contributed by atoms with E-state index in [0.717, 1.165) is 31.1 Å². The summed E-state index contributed by atoms with van der Waals surface area (Å²) in [5.41, 5.74) is 6.39. The van der Waals surface area contributed by atoms with Crippen molar-refractivity contribution >= 4 is 5.69 Å². The summed E-state index contributed by atoms with van der Waals surface area (Å²) in [5.74, 6) is 1.51. The molecule has 3 N–H and O–H groups in total. The van der Waals surface area contributed by atoms with Crippen molar-refractivity contribution in [2.24, 2.45) is 5.92 Å². The van der Waals surface area contributed by atoms with Crippen LogP contribution in [0.15, 0.2) is 24.3 Å². The molecule has 1 heterocycles. The monoisotopic (exact) mass is 250 g/mol. The van der Waals surface area contributed by atoms with E-state index in [1.54, 1.807) is 0 Å². The Kier molecular flexibility index (Phi) is 5.30. The molecule has 4 heteroatoms. The fourth-order valence-electron chi connectivity index (χ4n) is 2.12. The summed E-state index contributed by atoms with van der Waals surface area (Å²) < 4.78 is 11.2. The minimum absolute atomic E-state index is 0.578. The van der Waals surface area contributed by atoms with Crippen molar-refractivity contribution in [3.63, 3.8) is 0 Å². The summed E-state index contributed by atoms with van der Waals surface area (Å²) in [6.45, 7) is 4.30. The van der Waals surface area contributed by atoms with E-state index in [2.05, 4.69) is 5.32 Å². The van der Waals surface area contributed by atoms with Crippen LogP contribution in [-0.4, -0.2) is 32.9 Å². The maximum atomic E-state index is 5.67. The first-order valence-corrected chi connectivity index (χ1v) is 6.61. The molecule has 2 rings (SSSR count). The van der Waals surface area contributed by atoms with Gasteiger partial charge in [-0.25, -0.2) is 0 Å². The highest BCUT2D eigenvalue weighted by atomic mass is 16.5. The fourth-order valence-corrected chi connectivity index (χ4v) is 2.12. The number of ether oxygens (including phenoxy) is 2. The van der Waals surface area contributed by atoms with Crippen LogP contribution >= 0.6 is 0 Å². The van der Waals surface area contributed by atoms with E-state index in [9.17, 15) is 0 Å². The molecule has 0 radical (unpaired) electrons. The quantitative estimate of drug-likeness (QED) is 0.595. The van der Waals surface area contributed by atoms with E-state index in [1.807, 2.05) is 24.3 Å². The molecule has 1 aliphatic heterocycles. The SMILES string of the molecule is Nc1cccc(OCCOCC2CCNCC2)c1. The van der Waals surface area contributed by atoms with Crippen molar-refractivity contribution in [1.82, 2.24) is 5.32 Å². The van der Waals surface area contributed by atoms with Gasteiger partial charge < -0.3 is 20.5 Å². The van der Waals surface area contributed by atoms with Gasteiger partial charge in [-0.3, -0.25) is 0 Å². The summed E-state index contributed by atoms with van der Waals surface area (Å²) in [7, 11) is 0. The number of benzene rings is 1. The van der Waals surface area contributed by atoms with Crippen molar-refractivity contribution in [2.45, 2.75) is 12.8 Å². The van der Waals surface area contributed by atoms with E-state index < -0.39 is 0 Å². The summed E-state index contributed by atoms with van der Waals surface area (Å²) >= 11 is 0. The number of nitrogen functional groups attached to an aromatic ring is 1. The van der Waals surface area contributed by atoms with Gasteiger partial charge >= 0.3 is 0 Å². The molecule has 4 nitrogen and oxygen atoms in total. The Morgan fingerprint density at radius 2 is 2.06 bits per heavy atom. The third kappa shape index (κ3) is 4.55. The van der Waals surface area contributed by atoms with Crippen LogP contribution in [0.1, 0.15) is 12.8 Å². The molecular formula is C14H22N2O2. The molecule has 0 aromatic heterocycles. The number of hydrogen-bond donors (Lipinski definition) is 2. The number of rotatable bonds is 6. The minimum Gasteiger partial charge on any atom is -0.491 e. The molecule has 100 valence electrons. The van der Waals surface area contributed by atoms with Gasteiger partial charge in [-0.1, -0.05) is 6.07 Å². The van der Waals surface area contributed by atoms with Gasteiger partial charge in [-0.05, 0) is 44.0 Å². The molecule has 0 amide bonds. The molecule has 1 aromatic rings. The number of hydrogen-bond acceptors (Lipinski definition) is 4. The minimum atomic E-state index is 0.578. The van der Waals surface area contributed by atoms with Crippen LogP contribution in [0, 0.1) is 5.92 Å². The van der Waals surface area contributed by atoms with E-state index >= 15 is 0 Å². The van der Waals surface area contributed by atoms with Crippen molar-refractivity contribution in [1.29, 1.82) is 0 Å². The molecule has 18 heavy (non-hydrogen) atoms. The summed E-state index contributed by atoms with van der Waals surface area (Å²) in [6.07, 6.45) is 2.44. The van der Waals surface area contributed by atoms with Crippen LogP contribution in [0.5, 0.6) is 5.75 Å². The van der Waals surface area contributed by atoms with E-state index in [0.29, 0.717) is 19.1 Å². The van der Waals surface area contributed by atoms with Crippen LogP contribution in [0.25, 0.3) is 0 Å². The van der Waals surface area contributed by atoms with Crippen LogP contribution in [0.3, 0.4) is 0 Å². The zero-order valence-corrected chi connectivity index (χ0v) is 10.7. The van der Waals surface area contributed by atoms with E-state index in [4.69, 9.17) is 15.2 Å². The molecule has 1 saturated heterocycles. The number of anilines is 1. The standard InChI is InChI=1S/C14H22N2O2/c15-13-2-1-3-14(10-13)18-9-8-17-11-12-4-6-16-7-5-12/h1-3,10,12,16H,4-9,11,15H2. The van der Waals surface area contributed by atoms with Crippen molar-refractivity contribution in [2.75, 3.05) is 38.6 Å². The van der Waals surface area contributed by atoms with Gasteiger partial charge in [0.15, 0.2) is 0 Å². The molecule has 1 fully saturated rings. The third-order valence-electron chi connectivity index (χ3n) is 3.17. The highest BCUT2D eigenvalue weighted by Gasteiger charge is 2.12. The Morgan fingerprint density at radius 1 is 1.22 bits per heavy atom. The average molecular weight is 250 g/mol. The molecule has 0 atom stereocenters. The van der Waals surface area contributed by atoms with E-state index in [-0.39, 0.29) is 0 Å². The molecule has 1 aromatic carbocycles. The number of nitrogens with two attached hydrogens (primary N) is 1.